The van der Waals surface area contributed by atoms with Gasteiger partial charge in [-0.1, -0.05) is 43.5 Å². The monoisotopic (exact) mass is 306 g/mol. The Morgan fingerprint density at radius 3 is 1.95 bits per heavy atom. The second-order valence-electron chi connectivity index (χ2n) is 6.77. The predicted octanol–water partition coefficient (Wildman–Crippen LogP) is 2.75. The Hall–Kier alpha value is -0.940. The van der Waals surface area contributed by atoms with Crippen LogP contribution in [0.15, 0.2) is 24.3 Å². The average molecular weight is 306 g/mol. The van der Waals surface area contributed by atoms with Gasteiger partial charge in [0, 0.05) is 5.56 Å². The number of hydrogen-bond donors (Lipinski definition) is 2. The summed E-state index contributed by atoms with van der Waals surface area (Å²) >= 11 is 0. The molecule has 2 N–H and O–H groups in total. The molecule has 1 aliphatic heterocycles. The van der Waals surface area contributed by atoms with E-state index in [1.807, 2.05) is 0 Å². The molecule has 1 saturated heterocycles. The molecule has 2 aliphatic rings. The first kappa shape index (κ1) is 15.9. The average Bonchev–Trinajstić information content (AvgIpc) is 2.63. The van der Waals surface area contributed by atoms with Crippen molar-refractivity contribution in [3.05, 3.63) is 35.4 Å². The van der Waals surface area contributed by atoms with Crippen molar-refractivity contribution >= 4 is 0 Å². The van der Waals surface area contributed by atoms with E-state index in [1.165, 1.54) is 37.7 Å². The van der Waals surface area contributed by atoms with Crippen LogP contribution in [0.4, 0.5) is 0 Å². The fourth-order valence-electron chi connectivity index (χ4n) is 3.38. The van der Waals surface area contributed by atoms with E-state index in [0.717, 1.165) is 5.56 Å². The third kappa shape index (κ3) is 3.35. The zero-order valence-electron chi connectivity index (χ0n) is 13.0. The molecule has 2 fully saturated rings. The zero-order valence-corrected chi connectivity index (χ0v) is 13.0. The van der Waals surface area contributed by atoms with Crippen LogP contribution in [0.2, 0.25) is 0 Å². The Balaban J connectivity index is 1.61. The van der Waals surface area contributed by atoms with Crippen molar-refractivity contribution in [3.63, 3.8) is 0 Å². The van der Waals surface area contributed by atoms with Crippen molar-refractivity contribution in [2.75, 3.05) is 26.4 Å². The Kier molecular flexibility index (Phi) is 5.14. The minimum atomic E-state index is -0.668. The summed E-state index contributed by atoms with van der Waals surface area (Å²) in [4.78, 5) is 0. The van der Waals surface area contributed by atoms with Crippen LogP contribution in [0.25, 0.3) is 0 Å². The summed E-state index contributed by atoms with van der Waals surface area (Å²) < 4.78 is 11.4. The molecule has 1 aromatic carbocycles. The van der Waals surface area contributed by atoms with Gasteiger partial charge < -0.3 is 19.7 Å². The highest BCUT2D eigenvalue weighted by Gasteiger charge is 2.36. The molecule has 0 unspecified atom stereocenters. The summed E-state index contributed by atoms with van der Waals surface area (Å²) in [6, 6.07) is 8.55. The smallest absolute Gasteiger partial charge is 0.183 e. The van der Waals surface area contributed by atoms with Crippen molar-refractivity contribution in [2.45, 2.75) is 44.3 Å². The third-order valence-electron chi connectivity index (χ3n) is 5.04. The van der Waals surface area contributed by atoms with Crippen molar-refractivity contribution in [1.29, 1.82) is 0 Å². The molecule has 3 rings (SSSR count). The maximum Gasteiger partial charge on any atom is 0.183 e. The molecular weight excluding hydrogens is 280 g/mol. The number of benzene rings is 1. The molecular formula is C18H26O4. The number of rotatable bonds is 4. The van der Waals surface area contributed by atoms with E-state index >= 15 is 0 Å². The van der Waals surface area contributed by atoms with Gasteiger partial charge in [-0.25, -0.2) is 0 Å². The minimum absolute atomic E-state index is 0.128. The lowest BCUT2D eigenvalue weighted by Gasteiger charge is -2.37. The number of hydrogen-bond acceptors (Lipinski definition) is 4. The molecule has 1 heterocycles. The normalized spacial score (nSPS) is 23.5. The summed E-state index contributed by atoms with van der Waals surface area (Å²) in [5.74, 6) is 0.701. The minimum Gasteiger partial charge on any atom is -0.396 e. The standard InChI is InChI=1S/C18H26O4/c19-10-18(11-20)12-21-17(22-13-18)16-8-6-15(7-9-16)14-4-2-1-3-5-14/h6-9,14,17,19-20H,1-5,10-13H2. The van der Waals surface area contributed by atoms with Gasteiger partial charge >= 0.3 is 0 Å². The Bertz CT molecular complexity index is 450. The molecule has 0 bridgehead atoms. The number of aliphatic hydroxyl groups excluding tert-OH is 2. The SMILES string of the molecule is OCC1(CO)COC(c2ccc(C3CCCCC3)cc2)OC1. The lowest BCUT2D eigenvalue weighted by Crippen LogP contribution is -2.44. The van der Waals surface area contributed by atoms with Crippen LogP contribution < -0.4 is 0 Å². The summed E-state index contributed by atoms with van der Waals surface area (Å²) in [7, 11) is 0. The zero-order chi connectivity index (χ0) is 15.4. The van der Waals surface area contributed by atoms with Gasteiger partial charge in [-0.15, -0.1) is 0 Å². The molecule has 0 spiro atoms. The van der Waals surface area contributed by atoms with Gasteiger partial charge in [0.15, 0.2) is 6.29 Å². The van der Waals surface area contributed by atoms with Gasteiger partial charge in [-0.3, -0.25) is 0 Å². The van der Waals surface area contributed by atoms with Gasteiger partial charge in [0.05, 0.1) is 31.8 Å². The van der Waals surface area contributed by atoms with Crippen LogP contribution in [-0.4, -0.2) is 36.6 Å². The number of aliphatic hydroxyl groups is 2. The van der Waals surface area contributed by atoms with Crippen molar-refractivity contribution < 1.29 is 19.7 Å². The maximum atomic E-state index is 9.36. The molecule has 0 radical (unpaired) electrons. The first-order valence-corrected chi connectivity index (χ1v) is 8.31. The molecule has 0 atom stereocenters. The van der Waals surface area contributed by atoms with Crippen molar-refractivity contribution in [3.8, 4) is 0 Å². The van der Waals surface area contributed by atoms with Gasteiger partial charge in [-0.05, 0) is 24.3 Å². The Morgan fingerprint density at radius 1 is 0.864 bits per heavy atom. The highest BCUT2D eigenvalue weighted by molar-refractivity contribution is 5.26. The highest BCUT2D eigenvalue weighted by atomic mass is 16.7. The molecule has 1 aliphatic carbocycles. The molecule has 122 valence electrons. The van der Waals surface area contributed by atoms with E-state index in [2.05, 4.69) is 24.3 Å². The summed E-state index contributed by atoms with van der Waals surface area (Å²) in [5.41, 5.74) is 1.75. The summed E-state index contributed by atoms with van der Waals surface area (Å²) in [6.07, 6.45) is 6.25. The molecule has 1 aromatic rings. The summed E-state index contributed by atoms with van der Waals surface area (Å²) in [6.45, 7) is 0.373. The fraction of sp³-hybridized carbons (Fsp3) is 0.667. The number of ether oxygens (including phenoxy) is 2. The lowest BCUT2D eigenvalue weighted by molar-refractivity contribution is -0.248. The van der Waals surface area contributed by atoms with Crippen LogP contribution in [0.3, 0.4) is 0 Å². The Labute approximate surface area is 132 Å². The first-order valence-electron chi connectivity index (χ1n) is 8.31. The molecule has 4 nitrogen and oxygen atoms in total. The second-order valence-corrected chi connectivity index (χ2v) is 6.77. The van der Waals surface area contributed by atoms with E-state index in [4.69, 9.17) is 9.47 Å². The molecule has 4 heteroatoms. The van der Waals surface area contributed by atoms with E-state index < -0.39 is 11.7 Å². The van der Waals surface area contributed by atoms with Gasteiger partial charge in [0.25, 0.3) is 0 Å². The quantitative estimate of drug-likeness (QED) is 0.898. The predicted molar refractivity (Wildman–Crippen MR) is 83.5 cm³/mol. The molecule has 22 heavy (non-hydrogen) atoms. The topological polar surface area (TPSA) is 58.9 Å². The molecule has 1 saturated carbocycles. The van der Waals surface area contributed by atoms with E-state index in [0.29, 0.717) is 19.1 Å². The Morgan fingerprint density at radius 2 is 1.41 bits per heavy atom. The van der Waals surface area contributed by atoms with Crippen molar-refractivity contribution in [2.24, 2.45) is 5.41 Å². The van der Waals surface area contributed by atoms with E-state index in [-0.39, 0.29) is 13.2 Å². The first-order chi connectivity index (χ1) is 10.8. The van der Waals surface area contributed by atoms with Gasteiger partial charge in [-0.2, -0.15) is 0 Å². The van der Waals surface area contributed by atoms with Crippen LogP contribution in [-0.2, 0) is 9.47 Å². The maximum absolute atomic E-state index is 9.36. The van der Waals surface area contributed by atoms with E-state index in [9.17, 15) is 10.2 Å². The summed E-state index contributed by atoms with van der Waals surface area (Å²) in [5, 5.41) is 18.7. The van der Waals surface area contributed by atoms with Gasteiger partial charge in [0.1, 0.15) is 0 Å². The lowest BCUT2D eigenvalue weighted by atomic mass is 9.84. The molecule has 0 amide bonds. The second kappa shape index (κ2) is 7.09. The van der Waals surface area contributed by atoms with Crippen LogP contribution >= 0.6 is 0 Å². The molecule has 0 aromatic heterocycles. The van der Waals surface area contributed by atoms with Crippen LogP contribution in [0.1, 0.15) is 55.4 Å². The van der Waals surface area contributed by atoms with E-state index in [1.54, 1.807) is 0 Å². The fourth-order valence-corrected chi connectivity index (χ4v) is 3.38. The third-order valence-corrected chi connectivity index (χ3v) is 5.04. The van der Waals surface area contributed by atoms with Gasteiger partial charge in [0.2, 0.25) is 0 Å². The van der Waals surface area contributed by atoms with Crippen molar-refractivity contribution in [1.82, 2.24) is 0 Å². The van der Waals surface area contributed by atoms with Crippen LogP contribution in [0, 0.1) is 5.41 Å². The highest BCUT2D eigenvalue weighted by Crippen LogP contribution is 2.35. The largest absolute Gasteiger partial charge is 0.396 e. The van der Waals surface area contributed by atoms with Crippen LogP contribution in [0.5, 0.6) is 0 Å².